The number of benzene rings is 2. The van der Waals surface area contributed by atoms with Crippen LogP contribution < -0.4 is 19.1 Å². The predicted octanol–water partition coefficient (Wildman–Crippen LogP) is 5.17. The van der Waals surface area contributed by atoms with Gasteiger partial charge < -0.3 is 18.9 Å². The van der Waals surface area contributed by atoms with Crippen molar-refractivity contribution >= 4 is 62.7 Å². The summed E-state index contributed by atoms with van der Waals surface area (Å²) < 4.78 is 22.4. The largest absolute Gasteiger partial charge is 0.494 e. The van der Waals surface area contributed by atoms with E-state index in [4.69, 9.17) is 35.5 Å². The van der Waals surface area contributed by atoms with Gasteiger partial charge in [-0.2, -0.15) is 0 Å². The van der Waals surface area contributed by atoms with Gasteiger partial charge in [-0.1, -0.05) is 29.0 Å². The summed E-state index contributed by atoms with van der Waals surface area (Å²) in [5.41, 5.74) is 1.48. The molecule has 0 radical (unpaired) electrons. The zero-order chi connectivity index (χ0) is 25.5. The predicted molar refractivity (Wildman–Crippen MR) is 151 cm³/mol. The number of halogens is 2. The van der Waals surface area contributed by atoms with Crippen molar-refractivity contribution in [3.63, 3.8) is 0 Å². The van der Waals surface area contributed by atoms with Gasteiger partial charge in [0.15, 0.2) is 16.6 Å². The number of ether oxygens (including phenoxy) is 4. The molecule has 1 saturated heterocycles. The molecule has 4 rings (SSSR count). The molecule has 1 amide bonds. The van der Waals surface area contributed by atoms with Gasteiger partial charge in [0.05, 0.1) is 44.3 Å². The first-order chi connectivity index (χ1) is 17.5. The average molecular weight is 569 g/mol. The van der Waals surface area contributed by atoms with Gasteiger partial charge in [-0.25, -0.2) is 4.98 Å². The maximum absolute atomic E-state index is 13.4. The number of hydrogen-bond acceptors (Lipinski definition) is 8. The van der Waals surface area contributed by atoms with Crippen LogP contribution in [0.4, 0.5) is 5.13 Å². The van der Waals surface area contributed by atoms with Crippen molar-refractivity contribution in [2.45, 2.75) is 6.42 Å². The van der Waals surface area contributed by atoms with E-state index in [-0.39, 0.29) is 18.3 Å². The summed E-state index contributed by atoms with van der Waals surface area (Å²) in [5.74, 6) is 1.69. The molecule has 1 aliphatic heterocycles. The summed E-state index contributed by atoms with van der Waals surface area (Å²) in [7, 11) is 4.77. The molecule has 200 valence electrons. The molecule has 3 aromatic rings. The Bertz CT molecular complexity index is 1230. The molecular formula is C26H31Cl2N3O5S. The fourth-order valence-electron chi connectivity index (χ4n) is 4.01. The number of anilines is 1. The lowest BCUT2D eigenvalue weighted by atomic mass is 10.2. The van der Waals surface area contributed by atoms with E-state index in [1.165, 1.54) is 11.3 Å². The van der Waals surface area contributed by atoms with Gasteiger partial charge in [-0.15, -0.1) is 12.4 Å². The van der Waals surface area contributed by atoms with Gasteiger partial charge >= 0.3 is 0 Å². The minimum absolute atomic E-state index is 0. The van der Waals surface area contributed by atoms with Crippen LogP contribution in [0.2, 0.25) is 5.02 Å². The summed E-state index contributed by atoms with van der Waals surface area (Å²) >= 11 is 7.83. The van der Waals surface area contributed by atoms with Crippen LogP contribution in [0.25, 0.3) is 16.3 Å². The highest BCUT2D eigenvalue weighted by Gasteiger charge is 2.21. The van der Waals surface area contributed by atoms with Gasteiger partial charge in [0, 0.05) is 32.3 Å². The van der Waals surface area contributed by atoms with Gasteiger partial charge in [0.1, 0.15) is 11.3 Å². The first kappa shape index (κ1) is 29.0. The fourth-order valence-corrected chi connectivity index (χ4v) is 5.30. The Kier molecular flexibility index (Phi) is 10.8. The number of thiazole rings is 1. The molecular weight excluding hydrogens is 537 g/mol. The second-order valence-corrected chi connectivity index (χ2v) is 9.55. The lowest BCUT2D eigenvalue weighted by Crippen LogP contribution is -2.39. The monoisotopic (exact) mass is 567 g/mol. The maximum atomic E-state index is 13.4. The van der Waals surface area contributed by atoms with E-state index < -0.39 is 0 Å². The van der Waals surface area contributed by atoms with Crippen LogP contribution in [-0.4, -0.2) is 76.5 Å². The van der Waals surface area contributed by atoms with E-state index in [0.29, 0.717) is 39.5 Å². The van der Waals surface area contributed by atoms with Crippen LogP contribution in [0.5, 0.6) is 17.2 Å². The van der Waals surface area contributed by atoms with E-state index in [9.17, 15) is 4.79 Å². The van der Waals surface area contributed by atoms with E-state index in [2.05, 4.69) is 4.90 Å². The Morgan fingerprint density at radius 1 is 1.11 bits per heavy atom. The third kappa shape index (κ3) is 7.06. The van der Waals surface area contributed by atoms with E-state index in [1.807, 2.05) is 18.2 Å². The highest BCUT2D eigenvalue weighted by atomic mass is 35.5. The average Bonchev–Trinajstić information content (AvgIpc) is 3.36. The first-order valence-electron chi connectivity index (χ1n) is 11.7. The molecule has 0 bridgehead atoms. The second-order valence-electron chi connectivity index (χ2n) is 8.17. The van der Waals surface area contributed by atoms with Crippen LogP contribution in [0.15, 0.2) is 36.4 Å². The number of carbonyl (C=O) groups excluding carboxylic acids is 1. The quantitative estimate of drug-likeness (QED) is 0.313. The number of fused-ring (bicyclic) bond motifs is 1. The maximum Gasteiger partial charge on any atom is 0.252 e. The molecule has 8 nitrogen and oxygen atoms in total. The van der Waals surface area contributed by atoms with Crippen LogP contribution in [0.3, 0.4) is 0 Å². The smallest absolute Gasteiger partial charge is 0.252 e. The standard InChI is InChI=1S/C26H30ClN3O5S.ClH/c1-32-20-8-5-18(17-22(20)34-3)6-10-23(31)30(12-4-11-29-13-15-35-16-14-29)26-28-24-21(33-2)9-7-19(27)25(24)36-26;/h5-10,17H,4,11-16H2,1-3H3;1H/b10-6+;. The molecule has 0 aliphatic carbocycles. The van der Waals surface area contributed by atoms with Crippen LogP contribution in [0, 0.1) is 0 Å². The Morgan fingerprint density at radius 2 is 1.81 bits per heavy atom. The van der Waals surface area contributed by atoms with Crippen molar-refractivity contribution in [2.75, 3.05) is 65.6 Å². The van der Waals surface area contributed by atoms with Gasteiger partial charge in [0.25, 0.3) is 5.91 Å². The normalized spacial score (nSPS) is 13.9. The first-order valence-corrected chi connectivity index (χ1v) is 12.9. The summed E-state index contributed by atoms with van der Waals surface area (Å²) in [6.07, 6.45) is 4.12. The highest BCUT2D eigenvalue weighted by Crippen LogP contribution is 2.39. The SMILES string of the molecule is COc1ccc(/C=C/C(=O)N(CCCN2CCOCC2)c2nc3c(OC)ccc(Cl)c3s2)cc1OC.Cl. The lowest BCUT2D eigenvalue weighted by Gasteiger charge is -2.27. The van der Waals surface area contributed by atoms with Gasteiger partial charge in [-0.3, -0.25) is 14.6 Å². The number of aromatic nitrogens is 1. The lowest BCUT2D eigenvalue weighted by molar-refractivity contribution is -0.114. The fraction of sp³-hybridized carbons (Fsp3) is 0.385. The summed E-state index contributed by atoms with van der Waals surface area (Å²) in [6, 6.07) is 9.08. The van der Waals surface area contributed by atoms with Crippen molar-refractivity contribution in [2.24, 2.45) is 0 Å². The number of hydrogen-bond donors (Lipinski definition) is 0. The Morgan fingerprint density at radius 3 is 2.51 bits per heavy atom. The van der Waals surface area contributed by atoms with Gasteiger partial charge in [-0.05, 0) is 42.3 Å². The van der Waals surface area contributed by atoms with Crippen LogP contribution >= 0.6 is 35.3 Å². The summed E-state index contributed by atoms with van der Waals surface area (Å²) in [4.78, 5) is 22.2. The molecule has 2 aromatic carbocycles. The van der Waals surface area contributed by atoms with Crippen molar-refractivity contribution in [3.8, 4) is 17.2 Å². The molecule has 1 fully saturated rings. The van der Waals surface area contributed by atoms with Crippen LogP contribution in [0.1, 0.15) is 12.0 Å². The number of carbonyl (C=O) groups is 1. The van der Waals surface area contributed by atoms with E-state index >= 15 is 0 Å². The van der Waals surface area contributed by atoms with Crippen molar-refractivity contribution in [1.29, 1.82) is 0 Å². The molecule has 1 aromatic heterocycles. The van der Waals surface area contributed by atoms with Crippen molar-refractivity contribution in [3.05, 3.63) is 47.0 Å². The van der Waals surface area contributed by atoms with Crippen molar-refractivity contribution < 1.29 is 23.7 Å². The second kappa shape index (κ2) is 13.8. The number of methoxy groups -OCH3 is 3. The Hall–Kier alpha value is -2.56. The molecule has 0 saturated carbocycles. The molecule has 11 heteroatoms. The molecule has 0 unspecified atom stereocenters. The minimum Gasteiger partial charge on any atom is -0.494 e. The summed E-state index contributed by atoms with van der Waals surface area (Å²) in [5, 5.41) is 1.16. The minimum atomic E-state index is -0.166. The zero-order valence-electron chi connectivity index (χ0n) is 21.1. The van der Waals surface area contributed by atoms with Crippen LogP contribution in [-0.2, 0) is 9.53 Å². The van der Waals surface area contributed by atoms with Crippen molar-refractivity contribution in [1.82, 2.24) is 9.88 Å². The molecule has 0 spiro atoms. The Labute approximate surface area is 232 Å². The summed E-state index contributed by atoms with van der Waals surface area (Å²) in [6.45, 7) is 4.69. The van der Waals surface area contributed by atoms with E-state index in [1.54, 1.807) is 50.5 Å². The molecule has 0 atom stereocenters. The zero-order valence-corrected chi connectivity index (χ0v) is 23.5. The number of nitrogens with zero attached hydrogens (tertiary/aromatic N) is 3. The topological polar surface area (TPSA) is 73.4 Å². The third-order valence-electron chi connectivity index (χ3n) is 5.95. The third-order valence-corrected chi connectivity index (χ3v) is 7.49. The molecule has 37 heavy (non-hydrogen) atoms. The highest BCUT2D eigenvalue weighted by molar-refractivity contribution is 7.23. The molecule has 2 heterocycles. The Balaban J connectivity index is 0.00000380. The van der Waals surface area contributed by atoms with E-state index in [0.717, 1.165) is 49.5 Å². The van der Waals surface area contributed by atoms with Gasteiger partial charge in [0.2, 0.25) is 0 Å². The number of rotatable bonds is 10. The number of amides is 1. The number of morpholine rings is 1. The molecule has 1 aliphatic rings. The molecule has 0 N–H and O–H groups in total.